The standard InChI is InChI=1S/C14H16N2O3/c1-14(15,13(18)19)8-9-16-11-5-3-2-4-10(11)6-7-12(16)17/h2-7H,8-9,15H2,1H3,(H,18,19)/t14-/m1/s1. The maximum absolute atomic E-state index is 11.9. The third kappa shape index (κ3) is 2.66. The monoisotopic (exact) mass is 260 g/mol. The molecule has 1 heterocycles. The Labute approximate surface area is 110 Å². The van der Waals surface area contributed by atoms with E-state index in [1.165, 1.54) is 13.0 Å². The van der Waals surface area contributed by atoms with Crippen LogP contribution in [-0.2, 0) is 11.3 Å². The lowest BCUT2D eigenvalue weighted by Crippen LogP contribution is -2.46. The summed E-state index contributed by atoms with van der Waals surface area (Å²) >= 11 is 0. The Balaban J connectivity index is 2.38. The minimum absolute atomic E-state index is 0.153. The number of hydrogen-bond donors (Lipinski definition) is 2. The van der Waals surface area contributed by atoms with Crippen LogP contribution in [0.1, 0.15) is 13.3 Å². The zero-order valence-corrected chi connectivity index (χ0v) is 10.7. The second kappa shape index (κ2) is 4.85. The molecule has 0 fully saturated rings. The van der Waals surface area contributed by atoms with Crippen LogP contribution in [0.3, 0.4) is 0 Å². The van der Waals surface area contributed by atoms with E-state index in [0.29, 0.717) is 0 Å². The van der Waals surface area contributed by atoms with Crippen molar-refractivity contribution in [3.8, 4) is 0 Å². The number of aryl methyl sites for hydroxylation is 1. The number of fused-ring (bicyclic) bond motifs is 1. The lowest BCUT2D eigenvalue weighted by molar-refractivity contribution is -0.143. The molecular formula is C14H16N2O3. The van der Waals surface area contributed by atoms with E-state index in [4.69, 9.17) is 10.8 Å². The molecule has 1 atom stereocenters. The summed E-state index contributed by atoms with van der Waals surface area (Å²) in [5.74, 6) is -1.07. The van der Waals surface area contributed by atoms with Gasteiger partial charge in [0.25, 0.3) is 5.56 Å². The van der Waals surface area contributed by atoms with Gasteiger partial charge in [0.2, 0.25) is 0 Å². The molecule has 0 unspecified atom stereocenters. The van der Waals surface area contributed by atoms with Gasteiger partial charge < -0.3 is 15.4 Å². The van der Waals surface area contributed by atoms with Crippen LogP contribution in [0, 0.1) is 0 Å². The van der Waals surface area contributed by atoms with E-state index in [0.717, 1.165) is 10.9 Å². The molecule has 1 aromatic carbocycles. The Kier molecular flexibility index (Phi) is 3.40. The molecule has 0 saturated carbocycles. The summed E-state index contributed by atoms with van der Waals surface area (Å²) in [6.45, 7) is 1.73. The molecule has 2 aromatic rings. The van der Waals surface area contributed by atoms with Crippen molar-refractivity contribution >= 4 is 16.9 Å². The second-order valence-electron chi connectivity index (χ2n) is 4.85. The second-order valence-corrected chi connectivity index (χ2v) is 4.85. The van der Waals surface area contributed by atoms with E-state index in [-0.39, 0.29) is 18.5 Å². The van der Waals surface area contributed by atoms with Crippen LogP contribution in [0.15, 0.2) is 41.2 Å². The zero-order chi connectivity index (χ0) is 14.0. The number of hydrogen-bond acceptors (Lipinski definition) is 3. The third-order valence-corrected chi connectivity index (χ3v) is 3.24. The predicted octanol–water partition coefficient (Wildman–Crippen LogP) is 1.19. The number of aromatic nitrogens is 1. The molecule has 3 N–H and O–H groups in total. The van der Waals surface area contributed by atoms with E-state index in [2.05, 4.69) is 0 Å². The molecular weight excluding hydrogens is 244 g/mol. The van der Waals surface area contributed by atoms with Crippen molar-refractivity contribution in [3.05, 3.63) is 46.8 Å². The number of carboxylic acid groups (broad SMARTS) is 1. The van der Waals surface area contributed by atoms with Crippen LogP contribution in [0.2, 0.25) is 0 Å². The Morgan fingerprint density at radius 1 is 1.32 bits per heavy atom. The lowest BCUT2D eigenvalue weighted by atomic mass is 9.99. The zero-order valence-electron chi connectivity index (χ0n) is 10.7. The summed E-state index contributed by atoms with van der Waals surface area (Å²) < 4.78 is 1.56. The molecule has 0 radical (unpaired) electrons. The smallest absolute Gasteiger partial charge is 0.323 e. The molecule has 0 aliphatic rings. The Hall–Kier alpha value is -2.14. The molecule has 0 saturated heterocycles. The number of rotatable bonds is 4. The van der Waals surface area contributed by atoms with E-state index in [1.54, 1.807) is 10.6 Å². The minimum atomic E-state index is -1.34. The first-order chi connectivity index (χ1) is 8.92. The Morgan fingerprint density at radius 3 is 2.68 bits per heavy atom. The maximum atomic E-state index is 11.9. The number of aliphatic carboxylic acids is 1. The fraction of sp³-hybridized carbons (Fsp3) is 0.286. The molecule has 5 heteroatoms. The van der Waals surface area contributed by atoms with E-state index in [1.807, 2.05) is 24.3 Å². The van der Waals surface area contributed by atoms with Gasteiger partial charge in [0.15, 0.2) is 0 Å². The van der Waals surface area contributed by atoms with Crippen LogP contribution in [0.25, 0.3) is 10.9 Å². The van der Waals surface area contributed by atoms with Crippen LogP contribution in [-0.4, -0.2) is 21.2 Å². The highest BCUT2D eigenvalue weighted by Gasteiger charge is 2.27. The summed E-state index contributed by atoms with van der Waals surface area (Å²) in [7, 11) is 0. The van der Waals surface area contributed by atoms with Crippen molar-refractivity contribution in [3.63, 3.8) is 0 Å². The highest BCUT2D eigenvalue weighted by atomic mass is 16.4. The fourth-order valence-electron chi connectivity index (χ4n) is 1.93. The summed E-state index contributed by atoms with van der Waals surface area (Å²) in [5, 5.41) is 9.93. The van der Waals surface area contributed by atoms with Gasteiger partial charge in [0, 0.05) is 12.6 Å². The topological polar surface area (TPSA) is 85.3 Å². The highest BCUT2D eigenvalue weighted by Crippen LogP contribution is 2.13. The molecule has 0 amide bonds. The van der Waals surface area contributed by atoms with Gasteiger partial charge in [-0.2, -0.15) is 0 Å². The number of para-hydroxylation sites is 1. The number of carbonyl (C=O) groups is 1. The summed E-state index contributed by atoms with van der Waals surface area (Å²) in [6.07, 6.45) is 0.191. The van der Waals surface area contributed by atoms with Crippen molar-refractivity contribution in [2.45, 2.75) is 25.4 Å². The summed E-state index contributed by atoms with van der Waals surface area (Å²) in [5.41, 5.74) is 4.98. The van der Waals surface area contributed by atoms with Crippen molar-refractivity contribution in [1.29, 1.82) is 0 Å². The third-order valence-electron chi connectivity index (χ3n) is 3.24. The summed E-state index contributed by atoms with van der Waals surface area (Å²) in [4.78, 5) is 22.9. The maximum Gasteiger partial charge on any atom is 0.323 e. The molecule has 0 bridgehead atoms. The van der Waals surface area contributed by atoms with E-state index >= 15 is 0 Å². The average Bonchev–Trinajstić information content (AvgIpc) is 2.37. The van der Waals surface area contributed by atoms with Gasteiger partial charge in [0.05, 0.1) is 5.52 Å². The van der Waals surface area contributed by atoms with Gasteiger partial charge in [-0.3, -0.25) is 9.59 Å². The van der Waals surface area contributed by atoms with Crippen LogP contribution in [0.5, 0.6) is 0 Å². The average molecular weight is 260 g/mol. The highest BCUT2D eigenvalue weighted by molar-refractivity contribution is 5.79. The fourth-order valence-corrected chi connectivity index (χ4v) is 1.93. The minimum Gasteiger partial charge on any atom is -0.480 e. The number of carboxylic acids is 1. The van der Waals surface area contributed by atoms with Crippen molar-refractivity contribution in [1.82, 2.24) is 4.57 Å². The number of benzene rings is 1. The molecule has 0 aliphatic carbocycles. The van der Waals surface area contributed by atoms with Gasteiger partial charge >= 0.3 is 5.97 Å². The van der Waals surface area contributed by atoms with Crippen molar-refractivity contribution in [2.75, 3.05) is 0 Å². The van der Waals surface area contributed by atoms with Gasteiger partial charge in [-0.1, -0.05) is 18.2 Å². The van der Waals surface area contributed by atoms with Crippen LogP contribution in [0.4, 0.5) is 0 Å². The molecule has 2 rings (SSSR count). The van der Waals surface area contributed by atoms with Gasteiger partial charge in [-0.15, -0.1) is 0 Å². The van der Waals surface area contributed by atoms with Crippen molar-refractivity contribution in [2.24, 2.45) is 5.73 Å². The number of nitrogens with two attached hydrogens (primary N) is 1. The first kappa shape index (κ1) is 13.3. The molecule has 5 nitrogen and oxygen atoms in total. The summed E-state index contributed by atoms with van der Waals surface area (Å²) in [6, 6.07) is 10.7. The largest absolute Gasteiger partial charge is 0.480 e. The quantitative estimate of drug-likeness (QED) is 0.864. The van der Waals surface area contributed by atoms with E-state index in [9.17, 15) is 9.59 Å². The van der Waals surface area contributed by atoms with Gasteiger partial charge in [0.1, 0.15) is 5.54 Å². The SMILES string of the molecule is C[C@@](N)(CCn1c(=O)ccc2ccccc21)C(=O)O. The Morgan fingerprint density at radius 2 is 2.00 bits per heavy atom. The van der Waals surface area contributed by atoms with Gasteiger partial charge in [-0.25, -0.2) is 0 Å². The van der Waals surface area contributed by atoms with Crippen LogP contribution < -0.4 is 11.3 Å². The molecule has 19 heavy (non-hydrogen) atoms. The Bertz CT molecular complexity index is 674. The molecule has 0 spiro atoms. The first-order valence-corrected chi connectivity index (χ1v) is 6.03. The molecule has 1 aromatic heterocycles. The first-order valence-electron chi connectivity index (χ1n) is 6.03. The molecule has 0 aliphatic heterocycles. The predicted molar refractivity (Wildman–Crippen MR) is 73.1 cm³/mol. The van der Waals surface area contributed by atoms with Gasteiger partial charge in [-0.05, 0) is 30.9 Å². The molecule has 100 valence electrons. The normalized spacial score (nSPS) is 14.2. The van der Waals surface area contributed by atoms with Crippen molar-refractivity contribution < 1.29 is 9.90 Å². The lowest BCUT2D eigenvalue weighted by Gasteiger charge is -2.20. The number of nitrogens with zero attached hydrogens (tertiary/aromatic N) is 1. The van der Waals surface area contributed by atoms with E-state index < -0.39 is 11.5 Å². The number of pyridine rings is 1. The van der Waals surface area contributed by atoms with Crippen LogP contribution >= 0.6 is 0 Å².